The van der Waals surface area contributed by atoms with E-state index in [0.717, 1.165) is 13.0 Å². The summed E-state index contributed by atoms with van der Waals surface area (Å²) in [4.78, 5) is 32.0. The lowest BCUT2D eigenvalue weighted by Crippen LogP contribution is -2.51. The molecular formula is C24H35N3O2. The van der Waals surface area contributed by atoms with E-state index in [2.05, 4.69) is 17.0 Å². The molecule has 0 spiro atoms. The van der Waals surface area contributed by atoms with Gasteiger partial charge in [-0.05, 0) is 56.7 Å². The average molecular weight is 398 g/mol. The topological polar surface area (TPSA) is 43.9 Å². The molecule has 3 saturated heterocycles. The molecule has 1 aromatic carbocycles. The van der Waals surface area contributed by atoms with Crippen molar-refractivity contribution >= 4 is 11.8 Å². The van der Waals surface area contributed by atoms with E-state index in [1.54, 1.807) is 0 Å². The van der Waals surface area contributed by atoms with Crippen molar-refractivity contribution in [2.24, 2.45) is 11.8 Å². The van der Waals surface area contributed by atoms with E-state index in [4.69, 9.17) is 0 Å². The minimum atomic E-state index is -0.172. The number of amides is 2. The monoisotopic (exact) mass is 397 g/mol. The van der Waals surface area contributed by atoms with Crippen LogP contribution < -0.4 is 0 Å². The second-order valence-corrected chi connectivity index (χ2v) is 9.20. The van der Waals surface area contributed by atoms with Gasteiger partial charge in [0.05, 0.1) is 5.92 Å². The molecule has 2 amide bonds. The molecule has 1 aromatic rings. The molecule has 0 saturated carbocycles. The fourth-order valence-corrected chi connectivity index (χ4v) is 5.61. The van der Waals surface area contributed by atoms with Gasteiger partial charge in [0.1, 0.15) is 0 Å². The minimum Gasteiger partial charge on any atom is -0.345 e. The van der Waals surface area contributed by atoms with E-state index < -0.39 is 0 Å². The Morgan fingerprint density at radius 3 is 2.72 bits per heavy atom. The molecule has 3 aliphatic rings. The standard InChI is InChI=1S/C24H35N3O2/c1-25(17-20-10-7-14-26-13-6-5-11-22(20)26)24(29)21-16-23(28)27(18-21)15-12-19-8-3-2-4-9-19/h2-4,8-9,20-22H,5-7,10-18H2,1H3/t20-,21-,22+/m0/s1. The molecule has 29 heavy (non-hydrogen) atoms. The van der Waals surface area contributed by atoms with Crippen molar-refractivity contribution in [3.8, 4) is 0 Å². The molecular weight excluding hydrogens is 362 g/mol. The lowest BCUT2D eigenvalue weighted by atomic mass is 9.83. The van der Waals surface area contributed by atoms with E-state index in [1.807, 2.05) is 35.0 Å². The van der Waals surface area contributed by atoms with Gasteiger partial charge in [0.15, 0.2) is 0 Å². The first kappa shape index (κ1) is 20.4. The third kappa shape index (κ3) is 4.82. The molecule has 0 unspecified atom stereocenters. The first-order valence-electron chi connectivity index (χ1n) is 11.4. The van der Waals surface area contributed by atoms with Gasteiger partial charge in [0.2, 0.25) is 11.8 Å². The van der Waals surface area contributed by atoms with Crippen LogP contribution in [0.25, 0.3) is 0 Å². The molecule has 0 aromatic heterocycles. The van der Waals surface area contributed by atoms with E-state index in [0.29, 0.717) is 31.5 Å². The molecule has 0 N–H and O–H groups in total. The van der Waals surface area contributed by atoms with Gasteiger partial charge in [-0.2, -0.15) is 0 Å². The van der Waals surface area contributed by atoms with Crippen molar-refractivity contribution in [2.45, 2.75) is 51.0 Å². The van der Waals surface area contributed by atoms with Crippen molar-refractivity contribution < 1.29 is 9.59 Å². The van der Waals surface area contributed by atoms with Crippen LogP contribution in [0.2, 0.25) is 0 Å². The summed E-state index contributed by atoms with van der Waals surface area (Å²) in [5, 5.41) is 0. The molecule has 3 atom stereocenters. The Balaban J connectivity index is 1.29. The van der Waals surface area contributed by atoms with Crippen LogP contribution in [0.1, 0.15) is 44.1 Å². The Morgan fingerprint density at radius 2 is 1.90 bits per heavy atom. The zero-order valence-electron chi connectivity index (χ0n) is 17.8. The maximum absolute atomic E-state index is 13.1. The van der Waals surface area contributed by atoms with Gasteiger partial charge in [-0.25, -0.2) is 0 Å². The van der Waals surface area contributed by atoms with Gasteiger partial charge < -0.3 is 14.7 Å². The SMILES string of the molecule is CN(C[C@@H]1CCCN2CCCC[C@H]12)C(=O)[C@H]1CC(=O)N(CCc2ccccc2)C1. The zero-order chi connectivity index (χ0) is 20.2. The van der Waals surface area contributed by atoms with Gasteiger partial charge in [-0.15, -0.1) is 0 Å². The molecule has 158 valence electrons. The maximum atomic E-state index is 13.1. The predicted molar refractivity (Wildman–Crippen MR) is 114 cm³/mol. The normalized spacial score (nSPS) is 27.7. The van der Waals surface area contributed by atoms with Gasteiger partial charge in [-0.1, -0.05) is 36.8 Å². The summed E-state index contributed by atoms with van der Waals surface area (Å²) in [6.45, 7) is 4.58. The first-order chi connectivity index (χ1) is 14.1. The fraction of sp³-hybridized carbons (Fsp3) is 0.667. The molecule has 5 nitrogen and oxygen atoms in total. The lowest BCUT2D eigenvalue weighted by Gasteiger charge is -2.45. The van der Waals surface area contributed by atoms with Crippen LogP contribution in [0.4, 0.5) is 0 Å². The third-order valence-electron chi connectivity index (χ3n) is 7.19. The van der Waals surface area contributed by atoms with Crippen LogP contribution in [0, 0.1) is 11.8 Å². The highest BCUT2D eigenvalue weighted by Crippen LogP contribution is 2.31. The molecule has 3 aliphatic heterocycles. The quantitative estimate of drug-likeness (QED) is 0.741. The molecule has 5 heteroatoms. The molecule has 0 aliphatic carbocycles. The second kappa shape index (κ2) is 9.29. The Hall–Kier alpha value is -1.88. The zero-order valence-corrected chi connectivity index (χ0v) is 17.8. The smallest absolute Gasteiger partial charge is 0.227 e. The number of hydrogen-bond donors (Lipinski definition) is 0. The summed E-state index contributed by atoms with van der Waals surface area (Å²) < 4.78 is 0. The van der Waals surface area contributed by atoms with Crippen molar-refractivity contribution in [2.75, 3.05) is 39.8 Å². The number of likely N-dealkylation sites (tertiary alicyclic amines) is 1. The van der Waals surface area contributed by atoms with E-state index in [9.17, 15) is 9.59 Å². The molecule has 4 rings (SSSR count). The molecule has 0 radical (unpaired) electrons. The molecule has 0 bridgehead atoms. The third-order valence-corrected chi connectivity index (χ3v) is 7.19. The van der Waals surface area contributed by atoms with Crippen LogP contribution in [-0.4, -0.2) is 72.3 Å². The van der Waals surface area contributed by atoms with E-state index in [1.165, 1.54) is 50.8 Å². The van der Waals surface area contributed by atoms with E-state index in [-0.39, 0.29) is 17.7 Å². The van der Waals surface area contributed by atoms with Crippen LogP contribution in [0.15, 0.2) is 30.3 Å². The Labute approximate surface area is 175 Å². The maximum Gasteiger partial charge on any atom is 0.227 e. The number of nitrogens with zero attached hydrogens (tertiary/aromatic N) is 3. The number of carbonyl (C=O) groups excluding carboxylic acids is 2. The van der Waals surface area contributed by atoms with Crippen LogP contribution >= 0.6 is 0 Å². The van der Waals surface area contributed by atoms with Crippen molar-refractivity contribution in [3.63, 3.8) is 0 Å². The van der Waals surface area contributed by atoms with Crippen molar-refractivity contribution in [3.05, 3.63) is 35.9 Å². The number of carbonyl (C=O) groups is 2. The number of benzene rings is 1. The van der Waals surface area contributed by atoms with Crippen LogP contribution in [0.3, 0.4) is 0 Å². The number of hydrogen-bond acceptors (Lipinski definition) is 3. The van der Waals surface area contributed by atoms with Gasteiger partial charge in [0.25, 0.3) is 0 Å². The summed E-state index contributed by atoms with van der Waals surface area (Å²) in [5.41, 5.74) is 1.24. The summed E-state index contributed by atoms with van der Waals surface area (Å²) in [6.07, 6.45) is 7.62. The van der Waals surface area contributed by atoms with Crippen molar-refractivity contribution in [1.82, 2.24) is 14.7 Å². The van der Waals surface area contributed by atoms with Gasteiger partial charge in [0, 0.05) is 39.1 Å². The first-order valence-corrected chi connectivity index (χ1v) is 11.4. The summed E-state index contributed by atoms with van der Waals surface area (Å²) in [6, 6.07) is 10.9. The predicted octanol–water partition coefficient (Wildman–Crippen LogP) is 2.80. The highest BCUT2D eigenvalue weighted by atomic mass is 16.2. The summed E-state index contributed by atoms with van der Waals surface area (Å²) in [7, 11) is 1.95. The number of fused-ring (bicyclic) bond motifs is 1. The Kier molecular flexibility index (Phi) is 6.53. The highest BCUT2D eigenvalue weighted by molar-refractivity contribution is 5.89. The number of piperidine rings is 2. The largest absolute Gasteiger partial charge is 0.345 e. The molecule has 3 fully saturated rings. The lowest BCUT2D eigenvalue weighted by molar-refractivity contribution is -0.135. The van der Waals surface area contributed by atoms with Crippen LogP contribution in [0.5, 0.6) is 0 Å². The highest BCUT2D eigenvalue weighted by Gasteiger charge is 2.38. The summed E-state index contributed by atoms with van der Waals surface area (Å²) >= 11 is 0. The van der Waals surface area contributed by atoms with Gasteiger partial charge >= 0.3 is 0 Å². The average Bonchev–Trinajstić information content (AvgIpc) is 3.13. The Morgan fingerprint density at radius 1 is 1.10 bits per heavy atom. The van der Waals surface area contributed by atoms with Crippen molar-refractivity contribution in [1.29, 1.82) is 0 Å². The Bertz CT molecular complexity index is 705. The number of rotatable bonds is 6. The second-order valence-electron chi connectivity index (χ2n) is 9.20. The minimum absolute atomic E-state index is 0.129. The van der Waals surface area contributed by atoms with Crippen LogP contribution in [-0.2, 0) is 16.0 Å². The van der Waals surface area contributed by atoms with E-state index >= 15 is 0 Å². The molecule has 3 heterocycles. The van der Waals surface area contributed by atoms with Gasteiger partial charge in [-0.3, -0.25) is 9.59 Å². The summed E-state index contributed by atoms with van der Waals surface area (Å²) in [5.74, 6) is 0.705. The fourth-order valence-electron chi connectivity index (χ4n) is 5.61.